The maximum absolute atomic E-state index is 15.0. The molecule has 0 unspecified atom stereocenters. The molecule has 0 atom stereocenters. The molecular weight excluding hydrogens is 423 g/mol. The van der Waals surface area contributed by atoms with Gasteiger partial charge >= 0.3 is 0 Å². The Morgan fingerprint density at radius 3 is 1.75 bits per heavy atom. The Bertz CT molecular complexity index is 1200. The van der Waals surface area contributed by atoms with Crippen LogP contribution in [0.4, 0.5) is 0 Å². The summed E-state index contributed by atoms with van der Waals surface area (Å²) in [6, 6.07) is 37.0. The van der Waals surface area contributed by atoms with E-state index in [2.05, 4.69) is 63.3 Å². The van der Waals surface area contributed by atoms with E-state index in [-0.39, 0.29) is 0 Å². The minimum absolute atomic E-state index is 0.646. The minimum Gasteiger partial charge on any atom is -0.309 e. The Kier molecular flexibility index (Phi) is 6.37. The van der Waals surface area contributed by atoms with Crippen LogP contribution in [0.25, 0.3) is 11.1 Å². The van der Waals surface area contributed by atoms with Gasteiger partial charge in [0.15, 0.2) is 7.14 Å². The van der Waals surface area contributed by atoms with E-state index in [1.54, 1.807) is 0 Å². The molecule has 0 saturated carbocycles. The molecule has 162 valence electrons. The monoisotopic (exact) mass is 454 g/mol. The average Bonchev–Trinajstić information content (AvgIpc) is 2.84. The molecule has 0 N–H and O–H groups in total. The van der Waals surface area contributed by atoms with Crippen molar-refractivity contribution in [2.75, 3.05) is 0 Å². The van der Waals surface area contributed by atoms with Crippen molar-refractivity contribution in [2.24, 2.45) is 0 Å². The van der Waals surface area contributed by atoms with E-state index >= 15 is 4.57 Å². The van der Waals surface area contributed by atoms with E-state index in [1.165, 1.54) is 5.19 Å². The molecule has 0 aliphatic carbocycles. The standard InChI is InChI=1S/C29H31OPSi/c1-23(2)32(3,4)27-19-13-14-24(22-27)28-20-11-12-21-29(28)31(30,25-15-7-5-8-16-25)26-17-9-6-10-18-26/h5-23H,1-4H3. The molecule has 0 amide bonds. The van der Waals surface area contributed by atoms with Crippen LogP contribution in [0.15, 0.2) is 109 Å². The third-order valence-electron chi connectivity index (χ3n) is 6.84. The lowest BCUT2D eigenvalue weighted by atomic mass is 10.1. The third kappa shape index (κ3) is 4.06. The van der Waals surface area contributed by atoms with E-state index in [0.29, 0.717) is 5.54 Å². The molecule has 4 rings (SSSR count). The molecule has 1 nitrogen and oxygen atoms in total. The van der Waals surface area contributed by atoms with Gasteiger partial charge in [-0.1, -0.05) is 141 Å². The minimum atomic E-state index is -3.04. The zero-order valence-corrected chi connectivity index (χ0v) is 21.2. The molecular formula is C29H31OPSi. The SMILES string of the molecule is CC(C)[Si](C)(C)c1cccc(-c2ccccc2P(=O)(c2ccccc2)c2ccccc2)c1. The number of benzene rings is 4. The topological polar surface area (TPSA) is 17.1 Å². The summed E-state index contributed by atoms with van der Waals surface area (Å²) in [6.07, 6.45) is 0. The van der Waals surface area contributed by atoms with Crippen molar-refractivity contribution in [3.05, 3.63) is 109 Å². The van der Waals surface area contributed by atoms with Crippen molar-refractivity contribution < 1.29 is 4.57 Å². The summed E-state index contributed by atoms with van der Waals surface area (Å²) >= 11 is 0. The summed E-state index contributed by atoms with van der Waals surface area (Å²) in [5.41, 5.74) is 2.85. The zero-order chi connectivity index (χ0) is 22.8. The molecule has 0 radical (unpaired) electrons. The van der Waals surface area contributed by atoms with Crippen LogP contribution in [0.2, 0.25) is 18.6 Å². The van der Waals surface area contributed by atoms with Crippen LogP contribution >= 0.6 is 7.14 Å². The predicted molar refractivity (Wildman–Crippen MR) is 143 cm³/mol. The van der Waals surface area contributed by atoms with Gasteiger partial charge < -0.3 is 4.57 Å². The van der Waals surface area contributed by atoms with E-state index in [0.717, 1.165) is 27.0 Å². The second-order valence-corrected chi connectivity index (χ2v) is 17.2. The molecule has 0 bridgehead atoms. The molecule has 4 aromatic rings. The first kappa shape index (κ1) is 22.5. The van der Waals surface area contributed by atoms with Crippen LogP contribution in [0.1, 0.15) is 13.8 Å². The average molecular weight is 455 g/mol. The second-order valence-electron chi connectivity index (χ2n) is 9.25. The highest BCUT2D eigenvalue weighted by Crippen LogP contribution is 2.45. The summed E-state index contributed by atoms with van der Waals surface area (Å²) in [5.74, 6) is 0. The number of rotatable bonds is 6. The van der Waals surface area contributed by atoms with Crippen molar-refractivity contribution >= 4 is 36.3 Å². The summed E-state index contributed by atoms with van der Waals surface area (Å²) < 4.78 is 15.0. The highest BCUT2D eigenvalue weighted by atomic mass is 31.2. The largest absolute Gasteiger partial charge is 0.309 e. The predicted octanol–water partition coefficient (Wildman–Crippen LogP) is 6.32. The molecule has 0 saturated heterocycles. The number of hydrogen-bond acceptors (Lipinski definition) is 1. The van der Waals surface area contributed by atoms with E-state index in [4.69, 9.17) is 0 Å². The molecule has 32 heavy (non-hydrogen) atoms. The smallest absolute Gasteiger partial charge is 0.171 e. The van der Waals surface area contributed by atoms with Crippen molar-refractivity contribution in [3.8, 4) is 11.1 Å². The van der Waals surface area contributed by atoms with Gasteiger partial charge in [0.1, 0.15) is 0 Å². The Hall–Kier alpha value is -2.67. The van der Waals surface area contributed by atoms with Gasteiger partial charge in [-0.3, -0.25) is 0 Å². The normalized spacial score (nSPS) is 12.2. The molecule has 0 aliphatic rings. The summed E-state index contributed by atoms with van der Waals surface area (Å²) in [4.78, 5) is 0. The Labute approximate surface area is 193 Å². The number of hydrogen-bond donors (Lipinski definition) is 0. The van der Waals surface area contributed by atoms with Crippen molar-refractivity contribution in [1.82, 2.24) is 0 Å². The molecule has 0 aliphatic heterocycles. The first-order valence-corrected chi connectivity index (χ1v) is 16.1. The highest BCUT2D eigenvalue weighted by Gasteiger charge is 2.32. The first-order valence-electron chi connectivity index (χ1n) is 11.3. The lowest BCUT2D eigenvalue weighted by molar-refractivity contribution is 0.592. The fourth-order valence-electron chi connectivity index (χ4n) is 4.12. The maximum atomic E-state index is 15.0. The van der Waals surface area contributed by atoms with Gasteiger partial charge in [0.05, 0.1) is 8.07 Å². The maximum Gasteiger partial charge on any atom is 0.171 e. The highest BCUT2D eigenvalue weighted by molar-refractivity contribution is 7.85. The molecule has 0 heterocycles. The quantitative estimate of drug-likeness (QED) is 0.246. The first-order chi connectivity index (χ1) is 15.3. The fraction of sp³-hybridized carbons (Fsp3) is 0.172. The van der Waals surface area contributed by atoms with E-state index in [1.807, 2.05) is 72.8 Å². The van der Waals surface area contributed by atoms with Crippen molar-refractivity contribution in [1.29, 1.82) is 0 Å². The zero-order valence-electron chi connectivity index (χ0n) is 19.3. The fourth-order valence-corrected chi connectivity index (χ4v) is 8.71. The lowest BCUT2D eigenvalue weighted by Gasteiger charge is -2.28. The van der Waals surface area contributed by atoms with Gasteiger partial charge in [-0.25, -0.2) is 0 Å². The van der Waals surface area contributed by atoms with E-state index in [9.17, 15) is 0 Å². The van der Waals surface area contributed by atoms with Crippen LogP contribution in [0, 0.1) is 0 Å². The van der Waals surface area contributed by atoms with Gasteiger partial charge in [0.25, 0.3) is 0 Å². The van der Waals surface area contributed by atoms with Crippen LogP contribution in [-0.2, 0) is 4.57 Å². The summed E-state index contributed by atoms with van der Waals surface area (Å²) in [5, 5.41) is 4.08. The molecule has 0 spiro atoms. The van der Waals surface area contributed by atoms with Gasteiger partial charge in [-0.2, -0.15) is 0 Å². The summed E-state index contributed by atoms with van der Waals surface area (Å²) in [7, 11) is -4.62. The van der Waals surface area contributed by atoms with E-state index < -0.39 is 15.2 Å². The Balaban J connectivity index is 1.96. The molecule has 3 heteroatoms. The van der Waals surface area contributed by atoms with Gasteiger partial charge in [-0.15, -0.1) is 0 Å². The molecule has 0 fully saturated rings. The molecule has 0 aromatic heterocycles. The van der Waals surface area contributed by atoms with Gasteiger partial charge in [0, 0.05) is 15.9 Å². The lowest BCUT2D eigenvalue weighted by Crippen LogP contribution is -2.44. The van der Waals surface area contributed by atoms with Crippen molar-refractivity contribution in [3.63, 3.8) is 0 Å². The van der Waals surface area contributed by atoms with Crippen LogP contribution < -0.4 is 21.1 Å². The second kappa shape index (κ2) is 9.06. The van der Waals surface area contributed by atoms with Crippen LogP contribution in [-0.4, -0.2) is 8.07 Å². The molecule has 4 aromatic carbocycles. The van der Waals surface area contributed by atoms with Crippen molar-refractivity contribution in [2.45, 2.75) is 32.5 Å². The van der Waals surface area contributed by atoms with Gasteiger partial charge in [0.2, 0.25) is 0 Å². The Morgan fingerprint density at radius 1 is 0.656 bits per heavy atom. The Morgan fingerprint density at radius 2 is 1.19 bits per heavy atom. The van der Waals surface area contributed by atoms with Crippen LogP contribution in [0.5, 0.6) is 0 Å². The third-order valence-corrected chi connectivity index (χ3v) is 14.6. The summed E-state index contributed by atoms with van der Waals surface area (Å²) in [6.45, 7) is 9.51. The van der Waals surface area contributed by atoms with Crippen LogP contribution in [0.3, 0.4) is 0 Å². The van der Waals surface area contributed by atoms with Gasteiger partial charge in [-0.05, 0) is 16.7 Å².